The molecule has 0 aliphatic carbocycles. The van der Waals surface area contributed by atoms with Crippen molar-refractivity contribution >= 4 is 5.97 Å². The number of halogens is 2. The first kappa shape index (κ1) is 17.4. The Kier molecular flexibility index (Phi) is 7.08. The lowest BCUT2D eigenvalue weighted by Gasteiger charge is -2.19. The molecule has 0 radical (unpaired) electrons. The molecule has 0 aliphatic rings. The van der Waals surface area contributed by atoms with Crippen molar-refractivity contribution in [1.29, 1.82) is 0 Å². The molecule has 0 saturated heterocycles. The molecule has 6 heteroatoms. The van der Waals surface area contributed by atoms with E-state index in [1.54, 1.807) is 6.92 Å². The highest BCUT2D eigenvalue weighted by Crippen LogP contribution is 2.17. The van der Waals surface area contributed by atoms with E-state index in [2.05, 4.69) is 5.32 Å². The molecule has 0 heterocycles. The van der Waals surface area contributed by atoms with E-state index >= 15 is 0 Å². The molecule has 0 amide bonds. The molecule has 1 atom stereocenters. The number of rotatable bonds is 8. The summed E-state index contributed by atoms with van der Waals surface area (Å²) in [5.41, 5.74) is 0. The van der Waals surface area contributed by atoms with Crippen LogP contribution >= 0.6 is 0 Å². The molecule has 0 fully saturated rings. The van der Waals surface area contributed by atoms with Crippen LogP contribution < -0.4 is 10.1 Å². The van der Waals surface area contributed by atoms with Crippen LogP contribution in [0.1, 0.15) is 27.2 Å². The molecule has 4 nitrogen and oxygen atoms in total. The molecule has 0 spiro atoms. The number of hydrogen-bond acceptors (Lipinski definition) is 4. The molecule has 1 rings (SSSR count). The molecule has 118 valence electrons. The average molecular weight is 301 g/mol. The van der Waals surface area contributed by atoms with Crippen LogP contribution in [0.3, 0.4) is 0 Å². The minimum absolute atomic E-state index is 0.0384. The molecule has 21 heavy (non-hydrogen) atoms. The Morgan fingerprint density at radius 3 is 2.62 bits per heavy atom. The summed E-state index contributed by atoms with van der Waals surface area (Å²) in [6.07, 6.45) is 0.327. The third-order valence-corrected chi connectivity index (χ3v) is 2.66. The van der Waals surface area contributed by atoms with Gasteiger partial charge in [0.05, 0.1) is 13.2 Å². The third kappa shape index (κ3) is 6.08. The van der Waals surface area contributed by atoms with E-state index < -0.39 is 17.7 Å². The van der Waals surface area contributed by atoms with Crippen molar-refractivity contribution in [2.45, 2.75) is 39.3 Å². The van der Waals surface area contributed by atoms with Crippen LogP contribution in [-0.2, 0) is 9.53 Å². The minimum atomic E-state index is -0.764. The van der Waals surface area contributed by atoms with E-state index in [1.807, 2.05) is 13.8 Å². The summed E-state index contributed by atoms with van der Waals surface area (Å²) >= 11 is 0. The summed E-state index contributed by atoms with van der Waals surface area (Å²) in [7, 11) is 0. The molecule has 1 aromatic rings. The zero-order chi connectivity index (χ0) is 15.8. The van der Waals surface area contributed by atoms with Gasteiger partial charge in [0.1, 0.15) is 11.9 Å². The van der Waals surface area contributed by atoms with Gasteiger partial charge in [-0.05, 0) is 19.1 Å². The number of carbonyl (C=O) groups is 1. The van der Waals surface area contributed by atoms with E-state index in [0.717, 1.165) is 12.1 Å². The van der Waals surface area contributed by atoms with Crippen LogP contribution in [0, 0.1) is 11.6 Å². The summed E-state index contributed by atoms with van der Waals surface area (Å²) < 4.78 is 36.4. The molecule has 1 N–H and O–H groups in total. The van der Waals surface area contributed by atoms with Crippen LogP contribution in [-0.4, -0.2) is 31.3 Å². The highest BCUT2D eigenvalue weighted by Gasteiger charge is 2.20. The van der Waals surface area contributed by atoms with Crippen LogP contribution in [0.5, 0.6) is 5.75 Å². The molecule has 1 aromatic carbocycles. The van der Waals surface area contributed by atoms with Crippen LogP contribution in [0.15, 0.2) is 18.2 Å². The Morgan fingerprint density at radius 2 is 2.05 bits per heavy atom. The normalized spacial score (nSPS) is 12.3. The van der Waals surface area contributed by atoms with E-state index in [9.17, 15) is 13.6 Å². The number of benzene rings is 1. The van der Waals surface area contributed by atoms with Crippen molar-refractivity contribution in [3.8, 4) is 5.75 Å². The third-order valence-electron chi connectivity index (χ3n) is 2.66. The second-order valence-corrected chi connectivity index (χ2v) is 4.84. The maximum atomic E-state index is 13.4. The smallest absolute Gasteiger partial charge is 0.323 e. The SMILES string of the molecule is CCOC(=O)C(CCOc1ccc(F)cc1F)NC(C)C. The van der Waals surface area contributed by atoms with Gasteiger partial charge in [-0.15, -0.1) is 0 Å². The first-order chi connectivity index (χ1) is 9.93. The van der Waals surface area contributed by atoms with Crippen LogP contribution in [0.4, 0.5) is 8.78 Å². The van der Waals surface area contributed by atoms with Crippen LogP contribution in [0.2, 0.25) is 0 Å². The van der Waals surface area contributed by atoms with Gasteiger partial charge in [-0.2, -0.15) is 0 Å². The number of nitrogens with one attached hydrogen (secondary N) is 1. The average Bonchev–Trinajstić information content (AvgIpc) is 2.39. The number of esters is 1. The number of ether oxygens (including phenoxy) is 2. The van der Waals surface area contributed by atoms with Gasteiger partial charge in [0, 0.05) is 18.5 Å². The Labute approximate surface area is 123 Å². The predicted octanol–water partition coefficient (Wildman–Crippen LogP) is 2.66. The Morgan fingerprint density at radius 1 is 1.33 bits per heavy atom. The molecule has 0 saturated carbocycles. The standard InChI is InChI=1S/C15H21F2NO3/c1-4-20-15(19)13(18-10(2)3)7-8-21-14-6-5-11(16)9-12(14)17/h5-6,9-10,13,18H,4,7-8H2,1-3H3. The van der Waals surface area contributed by atoms with E-state index in [4.69, 9.17) is 9.47 Å². The van der Waals surface area contributed by atoms with Gasteiger partial charge in [-0.3, -0.25) is 4.79 Å². The summed E-state index contributed by atoms with van der Waals surface area (Å²) in [5.74, 6) is -1.83. The largest absolute Gasteiger partial charge is 0.490 e. The lowest BCUT2D eigenvalue weighted by molar-refractivity contribution is -0.146. The fraction of sp³-hybridized carbons (Fsp3) is 0.533. The number of hydrogen-bond donors (Lipinski definition) is 1. The van der Waals surface area contributed by atoms with Gasteiger partial charge in [0.2, 0.25) is 0 Å². The van der Waals surface area contributed by atoms with Crippen molar-refractivity contribution in [1.82, 2.24) is 5.32 Å². The topological polar surface area (TPSA) is 47.6 Å². The van der Waals surface area contributed by atoms with Crippen LogP contribution in [0.25, 0.3) is 0 Å². The van der Waals surface area contributed by atoms with Crippen molar-refractivity contribution < 1.29 is 23.0 Å². The van der Waals surface area contributed by atoms with Gasteiger partial charge >= 0.3 is 5.97 Å². The lowest BCUT2D eigenvalue weighted by atomic mass is 10.2. The van der Waals surface area contributed by atoms with Crippen molar-refractivity contribution in [2.75, 3.05) is 13.2 Å². The molecular weight excluding hydrogens is 280 g/mol. The van der Waals surface area contributed by atoms with Crippen molar-refractivity contribution in [2.24, 2.45) is 0 Å². The van der Waals surface area contributed by atoms with Gasteiger partial charge < -0.3 is 14.8 Å². The minimum Gasteiger partial charge on any atom is -0.490 e. The molecule has 0 aromatic heterocycles. The summed E-state index contributed by atoms with van der Waals surface area (Å²) in [5, 5.41) is 3.07. The monoisotopic (exact) mass is 301 g/mol. The van der Waals surface area contributed by atoms with Gasteiger partial charge in [-0.1, -0.05) is 13.8 Å². The zero-order valence-electron chi connectivity index (χ0n) is 12.5. The second kappa shape index (κ2) is 8.56. The predicted molar refractivity (Wildman–Crippen MR) is 75.2 cm³/mol. The maximum absolute atomic E-state index is 13.4. The van der Waals surface area contributed by atoms with E-state index in [-0.39, 0.29) is 24.4 Å². The van der Waals surface area contributed by atoms with E-state index in [1.165, 1.54) is 6.07 Å². The first-order valence-electron chi connectivity index (χ1n) is 6.94. The number of carbonyl (C=O) groups excluding carboxylic acids is 1. The quantitative estimate of drug-likeness (QED) is 0.750. The second-order valence-electron chi connectivity index (χ2n) is 4.84. The van der Waals surface area contributed by atoms with Gasteiger partial charge in [-0.25, -0.2) is 8.78 Å². The van der Waals surface area contributed by atoms with E-state index in [0.29, 0.717) is 13.0 Å². The fourth-order valence-corrected chi connectivity index (χ4v) is 1.79. The lowest BCUT2D eigenvalue weighted by Crippen LogP contribution is -2.42. The molecule has 0 bridgehead atoms. The fourth-order valence-electron chi connectivity index (χ4n) is 1.79. The Bertz CT molecular complexity index is 466. The van der Waals surface area contributed by atoms with Gasteiger partial charge in [0.25, 0.3) is 0 Å². The molecular formula is C15H21F2NO3. The highest BCUT2D eigenvalue weighted by molar-refractivity contribution is 5.75. The first-order valence-corrected chi connectivity index (χ1v) is 6.94. The summed E-state index contributed by atoms with van der Waals surface area (Å²) in [6.45, 7) is 5.96. The Hall–Kier alpha value is -1.69. The van der Waals surface area contributed by atoms with Crippen molar-refractivity contribution in [3.63, 3.8) is 0 Å². The molecule has 1 unspecified atom stereocenters. The summed E-state index contributed by atoms with van der Waals surface area (Å²) in [4.78, 5) is 11.8. The molecule has 0 aliphatic heterocycles. The maximum Gasteiger partial charge on any atom is 0.323 e. The van der Waals surface area contributed by atoms with Crippen molar-refractivity contribution in [3.05, 3.63) is 29.8 Å². The highest BCUT2D eigenvalue weighted by atomic mass is 19.1. The van der Waals surface area contributed by atoms with Gasteiger partial charge in [0.15, 0.2) is 11.6 Å². The summed E-state index contributed by atoms with van der Waals surface area (Å²) in [6, 6.07) is 2.67. The Balaban J connectivity index is 2.54. The zero-order valence-corrected chi connectivity index (χ0v) is 12.5.